The Kier molecular flexibility index (Phi) is 5.39. The Morgan fingerprint density at radius 3 is 2.23 bits per heavy atom. The Hall–Kier alpha value is -1.63. The average Bonchev–Trinajstić information content (AvgIpc) is 2.52. The number of rotatable bonds is 3. The van der Waals surface area contributed by atoms with Crippen LogP contribution in [0.25, 0.3) is 0 Å². The number of piperazine rings is 1. The van der Waals surface area contributed by atoms with Gasteiger partial charge in [-0.05, 0) is 0 Å². The molecule has 1 amide bonds. The lowest BCUT2D eigenvalue weighted by atomic mass is 10.2. The van der Waals surface area contributed by atoms with Crippen LogP contribution in [0.5, 0.6) is 0 Å². The van der Waals surface area contributed by atoms with Gasteiger partial charge in [0, 0.05) is 45.5 Å². The lowest BCUT2D eigenvalue weighted by Gasteiger charge is -2.33. The molecule has 0 spiro atoms. The fraction of sp³-hybridized carbons (Fsp3) is 0.692. The first-order valence-corrected chi connectivity index (χ1v) is 8.95. The fourth-order valence-corrected chi connectivity index (χ4v) is 3.24. The molecule has 0 aromatic rings. The van der Waals surface area contributed by atoms with Crippen LogP contribution in [-0.4, -0.2) is 87.2 Å². The van der Waals surface area contributed by atoms with Crippen molar-refractivity contribution < 1.29 is 17.9 Å². The summed E-state index contributed by atoms with van der Waals surface area (Å²) in [5, 5.41) is 9.21. The van der Waals surface area contributed by atoms with Gasteiger partial charge in [-0.1, -0.05) is 0 Å². The normalized spacial score (nSPS) is 21.5. The Labute approximate surface area is 130 Å². The molecule has 2 fully saturated rings. The molecule has 0 N–H and O–H groups in total. The highest BCUT2D eigenvalue weighted by atomic mass is 32.2. The summed E-state index contributed by atoms with van der Waals surface area (Å²) in [5.74, 6) is -0.295. The van der Waals surface area contributed by atoms with E-state index >= 15 is 0 Å². The van der Waals surface area contributed by atoms with Crippen LogP contribution < -0.4 is 0 Å². The zero-order valence-electron chi connectivity index (χ0n) is 12.6. The molecule has 0 aromatic heterocycles. The zero-order valence-corrected chi connectivity index (χ0v) is 13.4. The minimum Gasteiger partial charge on any atom is -0.378 e. The van der Waals surface area contributed by atoms with E-state index in [0.29, 0.717) is 52.5 Å². The predicted molar refractivity (Wildman–Crippen MR) is 79.1 cm³/mol. The molecular formula is C13H20N4O4S. The monoisotopic (exact) mass is 328 g/mol. The summed E-state index contributed by atoms with van der Waals surface area (Å²) < 4.78 is 29.5. The van der Waals surface area contributed by atoms with Crippen LogP contribution in [0.15, 0.2) is 11.8 Å². The Morgan fingerprint density at radius 2 is 1.73 bits per heavy atom. The highest BCUT2D eigenvalue weighted by molar-refractivity contribution is 7.88. The molecule has 0 aliphatic carbocycles. The molecule has 0 atom stereocenters. The van der Waals surface area contributed by atoms with E-state index in [1.807, 2.05) is 11.0 Å². The highest BCUT2D eigenvalue weighted by Crippen LogP contribution is 2.10. The summed E-state index contributed by atoms with van der Waals surface area (Å²) in [7, 11) is -3.18. The van der Waals surface area contributed by atoms with Crippen LogP contribution in [0.3, 0.4) is 0 Å². The SMILES string of the molecule is CS(=O)(=O)N1CCN(/C=C(/C#N)C(=O)N2CCOCC2)CC1. The van der Waals surface area contributed by atoms with Gasteiger partial charge in [-0.25, -0.2) is 8.42 Å². The van der Waals surface area contributed by atoms with Gasteiger partial charge in [0.05, 0.1) is 19.5 Å². The van der Waals surface area contributed by atoms with Gasteiger partial charge < -0.3 is 14.5 Å². The quantitative estimate of drug-likeness (QED) is 0.479. The predicted octanol–water partition coefficient (Wildman–Crippen LogP) is -1.17. The zero-order chi connectivity index (χ0) is 16.2. The largest absolute Gasteiger partial charge is 0.378 e. The standard InChI is InChI=1S/C13H20N4O4S/c1-22(19,20)17-4-2-15(3-5-17)11-12(10-14)13(18)16-6-8-21-9-7-16/h11H,2-9H2,1H3/b12-11-. The number of ether oxygens (including phenoxy) is 1. The molecule has 9 heteroatoms. The van der Waals surface area contributed by atoms with E-state index in [1.54, 1.807) is 4.90 Å². The summed E-state index contributed by atoms with van der Waals surface area (Å²) in [6.07, 6.45) is 2.72. The van der Waals surface area contributed by atoms with Gasteiger partial charge in [-0.3, -0.25) is 4.79 Å². The van der Waals surface area contributed by atoms with Gasteiger partial charge in [0.25, 0.3) is 5.91 Å². The number of morpholine rings is 1. The van der Waals surface area contributed by atoms with Crippen molar-refractivity contribution in [2.45, 2.75) is 0 Å². The van der Waals surface area contributed by atoms with Crippen LogP contribution in [-0.2, 0) is 19.6 Å². The third-order valence-electron chi connectivity index (χ3n) is 3.70. The summed E-state index contributed by atoms with van der Waals surface area (Å²) in [4.78, 5) is 15.7. The molecule has 0 aromatic carbocycles. The number of sulfonamides is 1. The number of carbonyl (C=O) groups excluding carboxylic acids is 1. The van der Waals surface area contributed by atoms with E-state index in [-0.39, 0.29) is 11.5 Å². The van der Waals surface area contributed by atoms with E-state index in [2.05, 4.69) is 0 Å². The molecule has 0 bridgehead atoms. The number of nitriles is 1. The van der Waals surface area contributed by atoms with Crippen molar-refractivity contribution >= 4 is 15.9 Å². The van der Waals surface area contributed by atoms with E-state index in [9.17, 15) is 18.5 Å². The van der Waals surface area contributed by atoms with Crippen LogP contribution >= 0.6 is 0 Å². The van der Waals surface area contributed by atoms with Crippen LogP contribution in [0.1, 0.15) is 0 Å². The van der Waals surface area contributed by atoms with Crippen molar-refractivity contribution in [2.75, 3.05) is 58.7 Å². The smallest absolute Gasteiger partial charge is 0.266 e. The van der Waals surface area contributed by atoms with Crippen molar-refractivity contribution in [1.29, 1.82) is 5.26 Å². The van der Waals surface area contributed by atoms with Crippen molar-refractivity contribution in [2.24, 2.45) is 0 Å². The van der Waals surface area contributed by atoms with Crippen molar-refractivity contribution in [3.8, 4) is 6.07 Å². The lowest BCUT2D eigenvalue weighted by molar-refractivity contribution is -0.130. The summed E-state index contributed by atoms with van der Waals surface area (Å²) in [6.45, 7) is 3.59. The molecule has 0 unspecified atom stereocenters. The van der Waals surface area contributed by atoms with Crippen LogP contribution in [0, 0.1) is 11.3 Å². The third-order valence-corrected chi connectivity index (χ3v) is 5.01. The molecular weight excluding hydrogens is 308 g/mol. The summed E-state index contributed by atoms with van der Waals surface area (Å²) >= 11 is 0. The second-order valence-corrected chi connectivity index (χ2v) is 7.24. The molecule has 8 nitrogen and oxygen atoms in total. The second-order valence-electron chi connectivity index (χ2n) is 5.26. The first-order valence-electron chi connectivity index (χ1n) is 7.10. The first kappa shape index (κ1) is 16.7. The molecule has 2 aliphatic heterocycles. The number of hydrogen-bond acceptors (Lipinski definition) is 6. The molecule has 0 saturated carbocycles. The maximum atomic E-state index is 12.3. The topological polar surface area (TPSA) is 93.9 Å². The minimum atomic E-state index is -3.18. The van der Waals surface area contributed by atoms with Gasteiger partial charge >= 0.3 is 0 Å². The number of carbonyl (C=O) groups is 1. The molecule has 2 aliphatic rings. The lowest BCUT2D eigenvalue weighted by Crippen LogP contribution is -2.47. The molecule has 0 radical (unpaired) electrons. The van der Waals surface area contributed by atoms with E-state index in [1.165, 1.54) is 16.8 Å². The van der Waals surface area contributed by atoms with Crippen molar-refractivity contribution in [3.05, 3.63) is 11.8 Å². The summed E-state index contributed by atoms with van der Waals surface area (Å²) in [5.41, 5.74) is 0.0784. The van der Waals surface area contributed by atoms with Gasteiger partial charge in [-0.2, -0.15) is 9.57 Å². The number of amides is 1. The molecule has 22 heavy (non-hydrogen) atoms. The van der Waals surface area contributed by atoms with E-state index in [4.69, 9.17) is 4.74 Å². The number of nitrogens with zero attached hydrogens (tertiary/aromatic N) is 4. The Morgan fingerprint density at radius 1 is 1.14 bits per heavy atom. The van der Waals surface area contributed by atoms with Gasteiger partial charge in [-0.15, -0.1) is 0 Å². The van der Waals surface area contributed by atoms with Crippen LogP contribution in [0.4, 0.5) is 0 Å². The second kappa shape index (κ2) is 7.09. The van der Waals surface area contributed by atoms with Crippen molar-refractivity contribution in [3.63, 3.8) is 0 Å². The van der Waals surface area contributed by atoms with Gasteiger partial charge in [0.1, 0.15) is 11.6 Å². The molecule has 2 heterocycles. The molecule has 2 rings (SSSR count). The van der Waals surface area contributed by atoms with Gasteiger partial charge in [0.2, 0.25) is 10.0 Å². The third kappa shape index (κ3) is 4.19. The van der Waals surface area contributed by atoms with E-state index in [0.717, 1.165) is 0 Å². The highest BCUT2D eigenvalue weighted by Gasteiger charge is 2.25. The first-order chi connectivity index (χ1) is 10.4. The molecule has 122 valence electrons. The maximum Gasteiger partial charge on any atom is 0.266 e. The maximum absolute atomic E-state index is 12.3. The minimum absolute atomic E-state index is 0.0784. The van der Waals surface area contributed by atoms with E-state index < -0.39 is 10.0 Å². The Bertz CT molecular complexity index is 582. The van der Waals surface area contributed by atoms with Crippen molar-refractivity contribution in [1.82, 2.24) is 14.1 Å². The van der Waals surface area contributed by atoms with Gasteiger partial charge in [0.15, 0.2) is 0 Å². The Balaban J connectivity index is 1.98. The fourth-order valence-electron chi connectivity index (χ4n) is 2.42. The average molecular weight is 328 g/mol. The molecule has 2 saturated heterocycles. The number of hydrogen-bond donors (Lipinski definition) is 0. The summed E-state index contributed by atoms with van der Waals surface area (Å²) in [6, 6.07) is 1.94. The van der Waals surface area contributed by atoms with Crippen LogP contribution in [0.2, 0.25) is 0 Å².